The fourth-order valence-corrected chi connectivity index (χ4v) is 1.65. The Balaban J connectivity index is 2.04. The summed E-state index contributed by atoms with van der Waals surface area (Å²) in [5.74, 6) is -0.344. The Morgan fingerprint density at radius 3 is 2.47 bits per heavy atom. The zero-order valence-corrected chi connectivity index (χ0v) is 9.84. The summed E-state index contributed by atoms with van der Waals surface area (Å²) in [6.45, 7) is 0.597. The minimum Gasteiger partial charge on any atom is -0.399 e. The minimum absolute atomic E-state index is 0.344. The summed E-state index contributed by atoms with van der Waals surface area (Å²) in [7, 11) is 0. The van der Waals surface area contributed by atoms with Crippen LogP contribution in [0, 0.1) is 5.82 Å². The fraction of sp³-hybridized carbons (Fsp3) is 0.0769. The summed E-state index contributed by atoms with van der Waals surface area (Å²) in [4.78, 5) is 0. The van der Waals surface area contributed by atoms with Crippen LogP contribution in [0.15, 0.2) is 42.5 Å². The standard InChI is InChI=1S/C13H12ClFN2/c14-10-3-1-9(2-4-10)8-17-13-6-11(15)5-12(16)7-13/h1-7,17H,8,16H2. The summed E-state index contributed by atoms with van der Waals surface area (Å²) in [5.41, 5.74) is 7.69. The third-order valence-electron chi connectivity index (χ3n) is 2.33. The van der Waals surface area contributed by atoms with Crippen LogP contribution >= 0.6 is 11.6 Å². The molecule has 3 N–H and O–H groups in total. The normalized spacial score (nSPS) is 10.2. The number of benzene rings is 2. The molecule has 2 aromatic carbocycles. The minimum atomic E-state index is -0.344. The summed E-state index contributed by atoms with van der Waals surface area (Å²) in [5, 5.41) is 3.80. The quantitative estimate of drug-likeness (QED) is 0.816. The molecule has 17 heavy (non-hydrogen) atoms. The van der Waals surface area contributed by atoms with Gasteiger partial charge in [0.2, 0.25) is 0 Å². The molecule has 0 aliphatic heterocycles. The van der Waals surface area contributed by atoms with Crippen molar-refractivity contribution < 1.29 is 4.39 Å². The van der Waals surface area contributed by atoms with Gasteiger partial charge in [0, 0.05) is 22.9 Å². The maximum absolute atomic E-state index is 13.1. The highest BCUT2D eigenvalue weighted by atomic mass is 35.5. The molecule has 0 fully saturated rings. The fourth-order valence-electron chi connectivity index (χ4n) is 1.52. The Bertz CT molecular complexity index is 491. The smallest absolute Gasteiger partial charge is 0.127 e. The highest BCUT2D eigenvalue weighted by Gasteiger charge is 1.98. The van der Waals surface area contributed by atoms with Crippen LogP contribution in [0.3, 0.4) is 0 Å². The maximum Gasteiger partial charge on any atom is 0.127 e. The summed E-state index contributed by atoms with van der Waals surface area (Å²) in [6, 6.07) is 11.9. The van der Waals surface area contributed by atoms with Gasteiger partial charge in [0.05, 0.1) is 0 Å². The van der Waals surface area contributed by atoms with Crippen LogP contribution in [0.25, 0.3) is 0 Å². The van der Waals surface area contributed by atoms with E-state index in [2.05, 4.69) is 5.32 Å². The van der Waals surface area contributed by atoms with Gasteiger partial charge >= 0.3 is 0 Å². The highest BCUT2D eigenvalue weighted by molar-refractivity contribution is 6.30. The molecule has 0 saturated carbocycles. The average molecular weight is 251 g/mol. The second-order valence-corrected chi connectivity index (χ2v) is 4.19. The molecule has 0 aromatic heterocycles. The Kier molecular flexibility index (Phi) is 3.49. The lowest BCUT2D eigenvalue weighted by Gasteiger charge is -2.07. The predicted molar refractivity (Wildman–Crippen MR) is 69.6 cm³/mol. The number of hydrogen-bond donors (Lipinski definition) is 2. The first-order valence-electron chi connectivity index (χ1n) is 5.18. The molecule has 0 aliphatic carbocycles. The number of rotatable bonds is 3. The number of halogens is 2. The van der Waals surface area contributed by atoms with Gasteiger partial charge in [-0.25, -0.2) is 4.39 Å². The van der Waals surface area contributed by atoms with E-state index in [1.54, 1.807) is 6.07 Å². The molecule has 4 heteroatoms. The number of nitrogens with one attached hydrogen (secondary N) is 1. The van der Waals surface area contributed by atoms with Crippen molar-refractivity contribution in [1.29, 1.82) is 0 Å². The molecule has 0 spiro atoms. The Labute approximate surface area is 104 Å². The van der Waals surface area contributed by atoms with Crippen LogP contribution in [0.5, 0.6) is 0 Å². The molecule has 88 valence electrons. The van der Waals surface area contributed by atoms with Gasteiger partial charge in [0.25, 0.3) is 0 Å². The molecule has 2 aromatic rings. The van der Waals surface area contributed by atoms with Gasteiger partial charge in [-0.1, -0.05) is 23.7 Å². The van der Waals surface area contributed by atoms with Crippen LogP contribution in [0.4, 0.5) is 15.8 Å². The first-order valence-corrected chi connectivity index (χ1v) is 5.56. The molecule has 0 radical (unpaired) electrons. The first kappa shape index (κ1) is 11.7. The Morgan fingerprint density at radius 1 is 1.12 bits per heavy atom. The van der Waals surface area contributed by atoms with Crippen LogP contribution in [0.1, 0.15) is 5.56 Å². The summed E-state index contributed by atoms with van der Waals surface area (Å²) < 4.78 is 13.1. The maximum atomic E-state index is 13.1. The lowest BCUT2D eigenvalue weighted by molar-refractivity contribution is 0.629. The molecule has 2 nitrogen and oxygen atoms in total. The van der Waals surface area contributed by atoms with Gasteiger partial charge in [0.15, 0.2) is 0 Å². The van der Waals surface area contributed by atoms with Crippen molar-refractivity contribution in [3.05, 3.63) is 58.9 Å². The van der Waals surface area contributed by atoms with Gasteiger partial charge < -0.3 is 11.1 Å². The molecule has 0 amide bonds. The zero-order valence-electron chi connectivity index (χ0n) is 9.08. The second-order valence-electron chi connectivity index (χ2n) is 3.75. The van der Waals surface area contributed by atoms with E-state index in [0.29, 0.717) is 22.9 Å². The highest BCUT2D eigenvalue weighted by Crippen LogP contribution is 2.17. The third-order valence-corrected chi connectivity index (χ3v) is 2.58. The summed E-state index contributed by atoms with van der Waals surface area (Å²) >= 11 is 5.78. The lowest BCUT2D eigenvalue weighted by atomic mass is 10.2. The van der Waals surface area contributed by atoms with E-state index < -0.39 is 0 Å². The van der Waals surface area contributed by atoms with Crippen molar-refractivity contribution in [1.82, 2.24) is 0 Å². The van der Waals surface area contributed by atoms with Crippen molar-refractivity contribution in [3.63, 3.8) is 0 Å². The predicted octanol–water partition coefficient (Wildman–Crippen LogP) is 3.67. The molecule has 0 unspecified atom stereocenters. The molecular weight excluding hydrogens is 239 g/mol. The molecule has 0 heterocycles. The van der Waals surface area contributed by atoms with E-state index in [9.17, 15) is 4.39 Å². The second kappa shape index (κ2) is 5.06. The molecular formula is C13H12ClFN2. The van der Waals surface area contributed by atoms with Gasteiger partial charge in [-0.2, -0.15) is 0 Å². The van der Waals surface area contributed by atoms with Gasteiger partial charge in [-0.05, 0) is 35.9 Å². The lowest BCUT2D eigenvalue weighted by Crippen LogP contribution is -2.00. The molecule has 0 saturated heterocycles. The van der Waals surface area contributed by atoms with Crippen molar-refractivity contribution in [2.45, 2.75) is 6.54 Å². The van der Waals surface area contributed by atoms with Crippen LogP contribution in [0.2, 0.25) is 5.02 Å². The van der Waals surface area contributed by atoms with Crippen molar-refractivity contribution in [3.8, 4) is 0 Å². The van der Waals surface area contributed by atoms with Crippen molar-refractivity contribution in [2.75, 3.05) is 11.1 Å². The van der Waals surface area contributed by atoms with Gasteiger partial charge in [-0.3, -0.25) is 0 Å². The first-order chi connectivity index (χ1) is 8.13. The number of nitrogen functional groups attached to an aromatic ring is 1. The number of anilines is 2. The van der Waals surface area contributed by atoms with Crippen LogP contribution in [-0.4, -0.2) is 0 Å². The SMILES string of the molecule is Nc1cc(F)cc(NCc2ccc(Cl)cc2)c1. The van der Waals surface area contributed by atoms with Crippen LogP contribution in [-0.2, 0) is 6.54 Å². The van der Waals surface area contributed by atoms with E-state index in [-0.39, 0.29) is 5.82 Å². The van der Waals surface area contributed by atoms with Crippen molar-refractivity contribution in [2.24, 2.45) is 0 Å². The third kappa shape index (κ3) is 3.36. The largest absolute Gasteiger partial charge is 0.399 e. The Hall–Kier alpha value is -1.74. The average Bonchev–Trinajstić information content (AvgIpc) is 2.27. The molecule has 0 aliphatic rings. The summed E-state index contributed by atoms with van der Waals surface area (Å²) in [6.07, 6.45) is 0. The monoisotopic (exact) mass is 250 g/mol. The zero-order chi connectivity index (χ0) is 12.3. The van der Waals surface area contributed by atoms with E-state index in [1.165, 1.54) is 12.1 Å². The van der Waals surface area contributed by atoms with E-state index in [4.69, 9.17) is 17.3 Å². The van der Waals surface area contributed by atoms with E-state index in [1.807, 2.05) is 24.3 Å². The molecule has 0 bridgehead atoms. The molecule has 0 atom stereocenters. The topological polar surface area (TPSA) is 38.0 Å². The number of nitrogens with two attached hydrogens (primary N) is 1. The van der Waals surface area contributed by atoms with Crippen LogP contribution < -0.4 is 11.1 Å². The van der Waals surface area contributed by atoms with Gasteiger partial charge in [0.1, 0.15) is 5.82 Å². The van der Waals surface area contributed by atoms with Gasteiger partial charge in [-0.15, -0.1) is 0 Å². The van der Waals surface area contributed by atoms with E-state index >= 15 is 0 Å². The van der Waals surface area contributed by atoms with Crippen molar-refractivity contribution >= 4 is 23.0 Å². The Morgan fingerprint density at radius 2 is 1.82 bits per heavy atom. The molecule has 2 rings (SSSR count). The number of hydrogen-bond acceptors (Lipinski definition) is 2. The van der Waals surface area contributed by atoms with E-state index in [0.717, 1.165) is 5.56 Å².